The van der Waals surface area contributed by atoms with Gasteiger partial charge in [0.25, 0.3) is 0 Å². The van der Waals surface area contributed by atoms with Crippen molar-refractivity contribution < 1.29 is 9.47 Å². The Bertz CT molecular complexity index is 399. The predicted molar refractivity (Wildman–Crippen MR) is 85.5 cm³/mol. The van der Waals surface area contributed by atoms with Crippen LogP contribution in [0.2, 0.25) is 0 Å². The van der Waals surface area contributed by atoms with Gasteiger partial charge in [0.1, 0.15) is 11.5 Å². The van der Waals surface area contributed by atoms with E-state index in [-0.39, 0.29) is 18.4 Å². The molecule has 1 atom stereocenters. The summed E-state index contributed by atoms with van der Waals surface area (Å²) in [5.74, 6) is 2.24. The van der Waals surface area contributed by atoms with Crippen LogP contribution < -0.4 is 15.2 Å². The molecule has 1 rings (SSSR count). The molecule has 2 N–H and O–H groups in total. The predicted octanol–water partition coefficient (Wildman–Crippen LogP) is 4.32. The van der Waals surface area contributed by atoms with Crippen LogP contribution in [0.25, 0.3) is 0 Å². The van der Waals surface area contributed by atoms with Crippen LogP contribution in [0.3, 0.4) is 0 Å². The Kier molecular flexibility index (Phi) is 8.46. The second kappa shape index (κ2) is 8.67. The molecule has 0 aliphatic heterocycles. The second-order valence-corrected chi connectivity index (χ2v) is 5.66. The molecular formula is C14H23BrClNO2. The minimum atomic E-state index is -0.0238. The molecule has 0 saturated carbocycles. The highest BCUT2D eigenvalue weighted by molar-refractivity contribution is 9.10. The molecule has 1 aromatic rings. The van der Waals surface area contributed by atoms with Crippen LogP contribution in [0, 0.1) is 5.92 Å². The van der Waals surface area contributed by atoms with Crippen LogP contribution in [0.5, 0.6) is 11.5 Å². The monoisotopic (exact) mass is 351 g/mol. The normalized spacial score (nSPS) is 11.9. The first-order chi connectivity index (χ1) is 8.49. The summed E-state index contributed by atoms with van der Waals surface area (Å²) in [5.41, 5.74) is 7.24. The first kappa shape index (κ1) is 18.6. The zero-order chi connectivity index (χ0) is 13.7. The molecule has 0 aromatic heterocycles. The van der Waals surface area contributed by atoms with E-state index in [9.17, 15) is 0 Å². The average Bonchev–Trinajstić information content (AvgIpc) is 2.35. The van der Waals surface area contributed by atoms with E-state index in [1.165, 1.54) is 0 Å². The van der Waals surface area contributed by atoms with E-state index in [1.54, 1.807) is 14.2 Å². The summed E-state index contributed by atoms with van der Waals surface area (Å²) >= 11 is 3.45. The summed E-state index contributed by atoms with van der Waals surface area (Å²) in [6.45, 7) is 4.40. The fraction of sp³-hybridized carbons (Fsp3) is 0.571. The highest BCUT2D eigenvalue weighted by atomic mass is 79.9. The molecule has 0 bridgehead atoms. The standard InChI is InChI=1S/C14H22BrNO2.ClH/c1-9(2)5-6-12(16)10-7-14(18-4)11(15)8-13(10)17-3;/h7-9,12H,5-6,16H2,1-4H3;1H/t12-;/m1./s1. The lowest BCUT2D eigenvalue weighted by molar-refractivity contribution is 0.389. The summed E-state index contributed by atoms with van der Waals surface area (Å²) in [6, 6.07) is 3.83. The van der Waals surface area contributed by atoms with Crippen molar-refractivity contribution in [3.05, 3.63) is 22.2 Å². The Labute approximate surface area is 130 Å². The van der Waals surface area contributed by atoms with E-state index < -0.39 is 0 Å². The van der Waals surface area contributed by atoms with Gasteiger partial charge in [0.15, 0.2) is 0 Å². The number of hydrogen-bond acceptors (Lipinski definition) is 3. The van der Waals surface area contributed by atoms with Crippen molar-refractivity contribution in [2.24, 2.45) is 11.7 Å². The minimum absolute atomic E-state index is 0. The van der Waals surface area contributed by atoms with Gasteiger partial charge in [-0.25, -0.2) is 0 Å². The Morgan fingerprint density at radius 1 is 1.11 bits per heavy atom. The van der Waals surface area contributed by atoms with Gasteiger partial charge in [0.2, 0.25) is 0 Å². The number of ether oxygens (including phenoxy) is 2. The van der Waals surface area contributed by atoms with Crippen LogP contribution in [0.1, 0.15) is 38.3 Å². The van der Waals surface area contributed by atoms with E-state index in [4.69, 9.17) is 15.2 Å². The van der Waals surface area contributed by atoms with Crippen molar-refractivity contribution in [2.75, 3.05) is 14.2 Å². The van der Waals surface area contributed by atoms with Gasteiger partial charge in [0, 0.05) is 11.6 Å². The Morgan fingerprint density at radius 2 is 1.68 bits per heavy atom. The van der Waals surface area contributed by atoms with Crippen LogP contribution in [-0.2, 0) is 0 Å². The van der Waals surface area contributed by atoms with Crippen LogP contribution in [-0.4, -0.2) is 14.2 Å². The smallest absolute Gasteiger partial charge is 0.133 e. The average molecular weight is 353 g/mol. The van der Waals surface area contributed by atoms with E-state index in [1.807, 2.05) is 12.1 Å². The third-order valence-electron chi connectivity index (χ3n) is 2.96. The third kappa shape index (κ3) is 5.21. The van der Waals surface area contributed by atoms with Crippen molar-refractivity contribution in [3.63, 3.8) is 0 Å². The van der Waals surface area contributed by atoms with Gasteiger partial charge in [-0.1, -0.05) is 13.8 Å². The molecule has 0 unspecified atom stereocenters. The van der Waals surface area contributed by atoms with Gasteiger partial charge in [0.05, 0.1) is 18.7 Å². The Balaban J connectivity index is 0.00000324. The van der Waals surface area contributed by atoms with Gasteiger partial charge in [-0.2, -0.15) is 0 Å². The van der Waals surface area contributed by atoms with Gasteiger partial charge < -0.3 is 15.2 Å². The molecule has 3 nitrogen and oxygen atoms in total. The van der Waals surface area contributed by atoms with Gasteiger partial charge in [-0.15, -0.1) is 12.4 Å². The number of benzene rings is 1. The molecule has 1 aromatic carbocycles. The van der Waals surface area contributed by atoms with E-state index in [0.29, 0.717) is 5.92 Å². The maximum atomic E-state index is 6.24. The van der Waals surface area contributed by atoms with Crippen molar-refractivity contribution in [1.29, 1.82) is 0 Å². The molecule has 5 heteroatoms. The van der Waals surface area contributed by atoms with Crippen molar-refractivity contribution in [3.8, 4) is 11.5 Å². The van der Waals surface area contributed by atoms with Gasteiger partial charge in [-0.3, -0.25) is 0 Å². The Hall–Kier alpha value is -0.450. The highest BCUT2D eigenvalue weighted by Gasteiger charge is 2.16. The van der Waals surface area contributed by atoms with Gasteiger partial charge in [-0.05, 0) is 46.8 Å². The fourth-order valence-electron chi connectivity index (χ4n) is 1.84. The third-order valence-corrected chi connectivity index (χ3v) is 3.58. The summed E-state index contributed by atoms with van der Waals surface area (Å²) in [5, 5.41) is 0. The van der Waals surface area contributed by atoms with Gasteiger partial charge >= 0.3 is 0 Å². The molecule has 0 radical (unpaired) electrons. The highest BCUT2D eigenvalue weighted by Crippen LogP contribution is 2.36. The summed E-state index contributed by atoms with van der Waals surface area (Å²) in [4.78, 5) is 0. The number of halogens is 2. The van der Waals surface area contributed by atoms with E-state index in [2.05, 4.69) is 29.8 Å². The van der Waals surface area contributed by atoms with Crippen LogP contribution in [0.15, 0.2) is 16.6 Å². The number of methoxy groups -OCH3 is 2. The molecule has 0 amide bonds. The largest absolute Gasteiger partial charge is 0.496 e. The minimum Gasteiger partial charge on any atom is -0.496 e. The zero-order valence-corrected chi connectivity index (χ0v) is 14.3. The lowest BCUT2D eigenvalue weighted by Gasteiger charge is -2.18. The maximum absolute atomic E-state index is 6.24. The SMILES string of the molecule is COc1cc([C@H](N)CCC(C)C)c(OC)cc1Br.Cl. The first-order valence-corrected chi connectivity index (χ1v) is 6.95. The molecule has 0 spiro atoms. The maximum Gasteiger partial charge on any atom is 0.133 e. The molecule has 0 fully saturated rings. The lowest BCUT2D eigenvalue weighted by Crippen LogP contribution is -2.13. The molecule has 110 valence electrons. The quantitative estimate of drug-likeness (QED) is 0.829. The Morgan fingerprint density at radius 3 is 2.16 bits per heavy atom. The van der Waals surface area contributed by atoms with Crippen LogP contribution in [0.4, 0.5) is 0 Å². The van der Waals surface area contributed by atoms with Crippen molar-refractivity contribution in [2.45, 2.75) is 32.7 Å². The summed E-state index contributed by atoms with van der Waals surface area (Å²) in [6.07, 6.45) is 2.04. The van der Waals surface area contributed by atoms with E-state index >= 15 is 0 Å². The van der Waals surface area contributed by atoms with Crippen molar-refractivity contribution in [1.82, 2.24) is 0 Å². The zero-order valence-electron chi connectivity index (χ0n) is 11.9. The second-order valence-electron chi connectivity index (χ2n) is 4.81. The lowest BCUT2D eigenvalue weighted by atomic mass is 9.97. The van der Waals surface area contributed by atoms with E-state index in [0.717, 1.165) is 34.4 Å². The number of rotatable bonds is 6. The molecular weight excluding hydrogens is 330 g/mol. The molecule has 19 heavy (non-hydrogen) atoms. The molecule has 0 saturated heterocycles. The number of nitrogens with two attached hydrogens (primary N) is 1. The topological polar surface area (TPSA) is 44.5 Å². The summed E-state index contributed by atoms with van der Waals surface area (Å²) < 4.78 is 11.6. The number of hydrogen-bond donors (Lipinski definition) is 1. The van der Waals surface area contributed by atoms with Crippen LogP contribution >= 0.6 is 28.3 Å². The molecule has 0 aliphatic carbocycles. The van der Waals surface area contributed by atoms with Crippen molar-refractivity contribution >= 4 is 28.3 Å². The summed E-state index contributed by atoms with van der Waals surface area (Å²) in [7, 11) is 3.31. The molecule has 0 aliphatic rings. The fourth-order valence-corrected chi connectivity index (χ4v) is 2.33. The molecule has 0 heterocycles. The first-order valence-electron chi connectivity index (χ1n) is 6.16.